The van der Waals surface area contributed by atoms with Crippen LogP contribution in [-0.4, -0.2) is 40.4 Å². The Morgan fingerprint density at radius 1 is 1.23 bits per heavy atom. The molecule has 2 aliphatic rings. The number of carbonyl (C=O) groups is 2. The summed E-state index contributed by atoms with van der Waals surface area (Å²) in [4.78, 5) is 26.8. The highest BCUT2D eigenvalue weighted by atomic mass is 16.3. The van der Waals surface area contributed by atoms with Gasteiger partial charge in [0.2, 0.25) is 0 Å². The van der Waals surface area contributed by atoms with E-state index in [1.54, 1.807) is 18.7 Å². The molecule has 120 valence electrons. The van der Waals surface area contributed by atoms with Gasteiger partial charge in [-0.25, -0.2) is 0 Å². The van der Waals surface area contributed by atoms with Crippen LogP contribution in [-0.2, 0) is 6.42 Å². The van der Waals surface area contributed by atoms with Crippen LogP contribution in [0.1, 0.15) is 65.8 Å². The Morgan fingerprint density at radius 2 is 1.91 bits per heavy atom. The fourth-order valence-corrected chi connectivity index (χ4v) is 3.46. The zero-order valence-corrected chi connectivity index (χ0v) is 13.7. The standard InChI is InChI=1S/C17H23NO4/c1-10-13(14-11(19)6-5-7-12(14)22-10)15(20)18-8-16(2,3)17(4,21)9-18/h21H,5-9H2,1-4H3/t17-/m1/s1. The Labute approximate surface area is 130 Å². The maximum atomic E-state index is 12.9. The molecule has 1 aliphatic heterocycles. The maximum Gasteiger partial charge on any atom is 0.258 e. The normalized spacial score (nSPS) is 27.1. The molecule has 0 radical (unpaired) electrons. The van der Waals surface area contributed by atoms with Gasteiger partial charge in [0.25, 0.3) is 5.91 Å². The van der Waals surface area contributed by atoms with Crippen molar-refractivity contribution in [2.75, 3.05) is 13.1 Å². The van der Waals surface area contributed by atoms with Gasteiger partial charge >= 0.3 is 0 Å². The molecule has 1 aliphatic carbocycles. The quantitative estimate of drug-likeness (QED) is 0.864. The average Bonchev–Trinajstić information content (AvgIpc) is 2.83. The van der Waals surface area contributed by atoms with Crippen molar-refractivity contribution in [2.45, 2.75) is 52.6 Å². The van der Waals surface area contributed by atoms with Gasteiger partial charge in [0.1, 0.15) is 11.5 Å². The second-order valence-electron chi connectivity index (χ2n) is 7.43. The molecule has 1 saturated heterocycles. The minimum Gasteiger partial charge on any atom is -0.465 e. The van der Waals surface area contributed by atoms with Crippen molar-refractivity contribution in [1.29, 1.82) is 0 Å². The predicted octanol–water partition coefficient (Wildman–Crippen LogP) is 2.34. The number of hydrogen-bond acceptors (Lipinski definition) is 4. The summed E-state index contributed by atoms with van der Waals surface area (Å²) < 4.78 is 5.66. The molecular formula is C17H23NO4. The third-order valence-corrected chi connectivity index (χ3v) is 5.29. The largest absolute Gasteiger partial charge is 0.465 e. The van der Waals surface area contributed by atoms with Crippen LogP contribution in [0.4, 0.5) is 0 Å². The minimum absolute atomic E-state index is 0.00772. The summed E-state index contributed by atoms with van der Waals surface area (Å²) >= 11 is 0. The van der Waals surface area contributed by atoms with Crippen LogP contribution in [0.2, 0.25) is 0 Å². The Bertz CT molecular complexity index is 638. The third-order valence-electron chi connectivity index (χ3n) is 5.29. The van der Waals surface area contributed by atoms with E-state index in [1.165, 1.54) is 0 Å². The van der Waals surface area contributed by atoms with Gasteiger partial charge in [-0.1, -0.05) is 13.8 Å². The number of aryl methyl sites for hydroxylation is 2. The lowest BCUT2D eigenvalue weighted by Crippen LogP contribution is -2.40. The zero-order chi connectivity index (χ0) is 16.3. The molecule has 0 bridgehead atoms. The maximum absolute atomic E-state index is 12.9. The molecule has 1 atom stereocenters. The van der Waals surface area contributed by atoms with Crippen molar-refractivity contribution in [3.05, 3.63) is 22.6 Å². The summed E-state index contributed by atoms with van der Waals surface area (Å²) in [6, 6.07) is 0. The number of likely N-dealkylation sites (tertiary alicyclic amines) is 1. The van der Waals surface area contributed by atoms with Crippen molar-refractivity contribution in [3.63, 3.8) is 0 Å². The summed E-state index contributed by atoms with van der Waals surface area (Å²) in [7, 11) is 0. The summed E-state index contributed by atoms with van der Waals surface area (Å²) in [6.45, 7) is 8.12. The fraction of sp³-hybridized carbons (Fsp3) is 0.647. The van der Waals surface area contributed by atoms with Crippen LogP contribution >= 0.6 is 0 Å². The van der Waals surface area contributed by atoms with E-state index in [2.05, 4.69) is 0 Å². The summed E-state index contributed by atoms with van der Waals surface area (Å²) in [5.74, 6) is 0.937. The Balaban J connectivity index is 1.98. The molecule has 1 fully saturated rings. The monoisotopic (exact) mass is 305 g/mol. The average molecular weight is 305 g/mol. The zero-order valence-electron chi connectivity index (χ0n) is 13.7. The van der Waals surface area contributed by atoms with Crippen LogP contribution in [0.3, 0.4) is 0 Å². The molecule has 0 aromatic carbocycles. The SMILES string of the molecule is Cc1oc2c(c1C(=O)N1CC(C)(C)[C@](C)(O)C1)C(=O)CCC2. The van der Waals surface area contributed by atoms with E-state index in [0.29, 0.717) is 42.0 Å². The first-order valence-electron chi connectivity index (χ1n) is 7.81. The third kappa shape index (κ3) is 2.10. The molecule has 0 saturated carbocycles. The number of aliphatic hydroxyl groups is 1. The van der Waals surface area contributed by atoms with Crippen LogP contribution in [0.5, 0.6) is 0 Å². The molecule has 0 unspecified atom stereocenters. The van der Waals surface area contributed by atoms with Gasteiger partial charge in [-0.3, -0.25) is 9.59 Å². The molecule has 1 aromatic heterocycles. The van der Waals surface area contributed by atoms with Crippen molar-refractivity contribution in [2.24, 2.45) is 5.41 Å². The predicted molar refractivity (Wildman–Crippen MR) is 81.0 cm³/mol. The summed E-state index contributed by atoms with van der Waals surface area (Å²) in [5.41, 5.74) is -0.458. The lowest BCUT2D eigenvalue weighted by atomic mass is 9.79. The summed E-state index contributed by atoms with van der Waals surface area (Å²) in [5, 5.41) is 10.5. The van der Waals surface area contributed by atoms with E-state index in [9.17, 15) is 14.7 Å². The second-order valence-corrected chi connectivity index (χ2v) is 7.43. The highest BCUT2D eigenvalue weighted by molar-refractivity contribution is 6.10. The molecule has 3 rings (SSSR count). The number of carbonyl (C=O) groups excluding carboxylic acids is 2. The number of hydrogen-bond donors (Lipinski definition) is 1. The van der Waals surface area contributed by atoms with E-state index in [0.717, 1.165) is 6.42 Å². The van der Waals surface area contributed by atoms with Crippen molar-refractivity contribution in [3.8, 4) is 0 Å². The minimum atomic E-state index is -0.940. The molecule has 1 amide bonds. The Hall–Kier alpha value is -1.62. The molecule has 1 aromatic rings. The van der Waals surface area contributed by atoms with Crippen LogP contribution < -0.4 is 0 Å². The Kier molecular flexibility index (Phi) is 3.25. The lowest BCUT2D eigenvalue weighted by molar-refractivity contribution is -0.0108. The first-order chi connectivity index (χ1) is 10.1. The van der Waals surface area contributed by atoms with Gasteiger partial charge in [-0.05, 0) is 20.3 Å². The molecular weight excluding hydrogens is 282 g/mol. The molecule has 22 heavy (non-hydrogen) atoms. The molecule has 2 heterocycles. The topological polar surface area (TPSA) is 70.8 Å². The number of ketones is 1. The lowest BCUT2D eigenvalue weighted by Gasteiger charge is -2.30. The smallest absolute Gasteiger partial charge is 0.258 e. The molecule has 5 heteroatoms. The van der Waals surface area contributed by atoms with Gasteiger partial charge in [0.15, 0.2) is 5.78 Å². The van der Waals surface area contributed by atoms with E-state index in [1.807, 2.05) is 13.8 Å². The van der Waals surface area contributed by atoms with Gasteiger partial charge in [-0.15, -0.1) is 0 Å². The van der Waals surface area contributed by atoms with Crippen LogP contribution in [0.15, 0.2) is 4.42 Å². The number of amides is 1. The van der Waals surface area contributed by atoms with E-state index in [-0.39, 0.29) is 23.7 Å². The van der Waals surface area contributed by atoms with E-state index < -0.39 is 5.60 Å². The van der Waals surface area contributed by atoms with Gasteiger partial charge in [-0.2, -0.15) is 0 Å². The summed E-state index contributed by atoms with van der Waals surface area (Å²) in [6.07, 6.45) is 1.95. The molecule has 1 N–H and O–H groups in total. The number of fused-ring (bicyclic) bond motifs is 1. The van der Waals surface area contributed by atoms with Crippen molar-refractivity contribution in [1.82, 2.24) is 4.90 Å². The highest BCUT2D eigenvalue weighted by Crippen LogP contribution is 2.40. The number of nitrogens with zero attached hydrogens (tertiary/aromatic N) is 1. The van der Waals surface area contributed by atoms with E-state index >= 15 is 0 Å². The number of β-amino-alcohol motifs (C(OH)–C–C–N with tert-alkyl or cyclic N) is 1. The number of rotatable bonds is 1. The molecule has 5 nitrogen and oxygen atoms in total. The Morgan fingerprint density at radius 3 is 2.50 bits per heavy atom. The fourth-order valence-electron chi connectivity index (χ4n) is 3.46. The first kappa shape index (κ1) is 15.3. The van der Waals surface area contributed by atoms with Crippen molar-refractivity contribution >= 4 is 11.7 Å². The van der Waals surface area contributed by atoms with Crippen molar-refractivity contribution < 1.29 is 19.1 Å². The van der Waals surface area contributed by atoms with Crippen LogP contribution in [0.25, 0.3) is 0 Å². The first-order valence-corrected chi connectivity index (χ1v) is 7.81. The van der Waals surface area contributed by atoms with E-state index in [4.69, 9.17) is 4.42 Å². The van der Waals surface area contributed by atoms with Crippen LogP contribution in [0, 0.1) is 12.3 Å². The number of furan rings is 1. The highest BCUT2D eigenvalue weighted by Gasteiger charge is 2.50. The van der Waals surface area contributed by atoms with Gasteiger partial charge in [0.05, 0.1) is 23.3 Å². The number of Topliss-reactive ketones (excluding diaryl/α,β-unsaturated/α-hetero) is 1. The van der Waals surface area contributed by atoms with Gasteiger partial charge < -0.3 is 14.4 Å². The second kappa shape index (κ2) is 4.69. The molecule has 0 spiro atoms. The van der Waals surface area contributed by atoms with Gasteiger partial charge in [0, 0.05) is 24.8 Å².